The Hall–Kier alpha value is -3.12. The summed E-state index contributed by atoms with van der Waals surface area (Å²) in [5.41, 5.74) is 1.39. The first kappa shape index (κ1) is 19.6. The molecule has 0 saturated heterocycles. The molecule has 6 nitrogen and oxygen atoms in total. The first-order valence-electron chi connectivity index (χ1n) is 9.18. The Bertz CT molecular complexity index is 1040. The highest BCUT2D eigenvalue weighted by molar-refractivity contribution is 6.02. The summed E-state index contributed by atoms with van der Waals surface area (Å²) >= 11 is 0. The fourth-order valence-corrected chi connectivity index (χ4v) is 3.13. The van der Waals surface area contributed by atoms with Gasteiger partial charge in [-0.3, -0.25) is 9.59 Å². The Morgan fingerprint density at radius 2 is 1.86 bits per heavy atom. The number of methoxy groups -OCH3 is 1. The van der Waals surface area contributed by atoms with Crippen LogP contribution < -0.4 is 15.6 Å². The van der Waals surface area contributed by atoms with Gasteiger partial charge in [0, 0.05) is 41.3 Å². The third-order valence-electron chi connectivity index (χ3n) is 4.62. The molecule has 0 atom stereocenters. The number of anilines is 1. The number of hydrogen-bond donors (Lipinski definition) is 1. The summed E-state index contributed by atoms with van der Waals surface area (Å²) in [7, 11) is 5.53. The van der Waals surface area contributed by atoms with Crippen LogP contribution in [0.2, 0.25) is 0 Å². The molecule has 1 amide bonds. The molecule has 1 aromatic heterocycles. The molecule has 3 aromatic rings. The van der Waals surface area contributed by atoms with E-state index in [-0.39, 0.29) is 17.9 Å². The van der Waals surface area contributed by atoms with Crippen LogP contribution in [-0.2, 0) is 17.8 Å². The lowest BCUT2D eigenvalue weighted by Gasteiger charge is -2.14. The van der Waals surface area contributed by atoms with Gasteiger partial charge in [0.2, 0.25) is 5.91 Å². The van der Waals surface area contributed by atoms with E-state index in [2.05, 4.69) is 5.32 Å². The zero-order chi connectivity index (χ0) is 20.1. The van der Waals surface area contributed by atoms with Crippen LogP contribution in [0.1, 0.15) is 5.56 Å². The standard InChI is InChI=1S/C22H25N3O3/c1-24(2)13-14-25-12-11-17-18(22(25)27)8-6-9-19(17)23-21(26)15-16-7-4-5-10-20(16)28-3/h4-12H,13-15H2,1-3H3,(H,23,26). The fourth-order valence-electron chi connectivity index (χ4n) is 3.13. The van der Waals surface area contributed by atoms with Crippen LogP contribution >= 0.6 is 0 Å². The molecule has 0 unspecified atom stereocenters. The Morgan fingerprint density at radius 1 is 1.07 bits per heavy atom. The quantitative estimate of drug-likeness (QED) is 0.686. The molecule has 3 rings (SSSR count). The summed E-state index contributed by atoms with van der Waals surface area (Å²) in [5, 5.41) is 4.26. The van der Waals surface area contributed by atoms with E-state index in [0.29, 0.717) is 23.4 Å². The van der Waals surface area contributed by atoms with Gasteiger partial charge in [0.05, 0.1) is 13.5 Å². The number of nitrogens with one attached hydrogen (secondary N) is 1. The molecule has 28 heavy (non-hydrogen) atoms. The molecule has 0 bridgehead atoms. The van der Waals surface area contributed by atoms with Gasteiger partial charge in [0.25, 0.3) is 5.56 Å². The first-order chi connectivity index (χ1) is 13.5. The molecule has 0 radical (unpaired) electrons. The Labute approximate surface area is 164 Å². The number of para-hydroxylation sites is 1. The molecule has 0 aliphatic heterocycles. The molecule has 6 heteroatoms. The van der Waals surface area contributed by atoms with Gasteiger partial charge in [0.15, 0.2) is 0 Å². The van der Waals surface area contributed by atoms with Gasteiger partial charge in [-0.2, -0.15) is 0 Å². The maximum absolute atomic E-state index is 12.8. The van der Waals surface area contributed by atoms with Crippen LogP contribution in [0.5, 0.6) is 5.75 Å². The lowest BCUT2D eigenvalue weighted by molar-refractivity contribution is -0.115. The van der Waals surface area contributed by atoms with Crippen molar-refractivity contribution in [3.63, 3.8) is 0 Å². The molecule has 0 fully saturated rings. The number of carbonyl (C=O) groups excluding carboxylic acids is 1. The number of nitrogens with zero attached hydrogens (tertiary/aromatic N) is 2. The van der Waals surface area contributed by atoms with Crippen molar-refractivity contribution >= 4 is 22.4 Å². The lowest BCUT2D eigenvalue weighted by Crippen LogP contribution is -2.26. The number of rotatable bonds is 7. The molecule has 146 valence electrons. The predicted molar refractivity (Wildman–Crippen MR) is 112 cm³/mol. The average molecular weight is 379 g/mol. The summed E-state index contributed by atoms with van der Waals surface area (Å²) in [6, 6.07) is 14.7. The van der Waals surface area contributed by atoms with Crippen LogP contribution in [0, 0.1) is 0 Å². The van der Waals surface area contributed by atoms with Crippen molar-refractivity contribution in [3.05, 3.63) is 70.6 Å². The number of carbonyl (C=O) groups is 1. The van der Waals surface area contributed by atoms with E-state index in [0.717, 1.165) is 17.5 Å². The minimum Gasteiger partial charge on any atom is -0.496 e. The van der Waals surface area contributed by atoms with E-state index in [1.165, 1.54) is 0 Å². The Morgan fingerprint density at radius 3 is 2.61 bits per heavy atom. The molecule has 2 aromatic carbocycles. The molecular weight excluding hydrogens is 354 g/mol. The van der Waals surface area contributed by atoms with Crippen molar-refractivity contribution in [2.24, 2.45) is 0 Å². The highest BCUT2D eigenvalue weighted by atomic mass is 16.5. The number of amides is 1. The second-order valence-corrected chi connectivity index (χ2v) is 6.92. The van der Waals surface area contributed by atoms with Crippen LogP contribution in [-0.4, -0.2) is 43.1 Å². The van der Waals surface area contributed by atoms with Crippen molar-refractivity contribution in [2.75, 3.05) is 33.1 Å². The third-order valence-corrected chi connectivity index (χ3v) is 4.62. The van der Waals surface area contributed by atoms with Crippen molar-refractivity contribution in [2.45, 2.75) is 13.0 Å². The zero-order valence-corrected chi connectivity index (χ0v) is 16.4. The van der Waals surface area contributed by atoms with Gasteiger partial charge < -0.3 is 19.5 Å². The topological polar surface area (TPSA) is 63.6 Å². The molecule has 0 saturated carbocycles. The zero-order valence-electron chi connectivity index (χ0n) is 16.4. The number of aromatic nitrogens is 1. The minimum absolute atomic E-state index is 0.0554. The van der Waals surface area contributed by atoms with E-state index in [4.69, 9.17) is 4.74 Å². The molecule has 0 aliphatic carbocycles. The second-order valence-electron chi connectivity index (χ2n) is 6.92. The van der Waals surface area contributed by atoms with Crippen LogP contribution in [0.15, 0.2) is 59.5 Å². The summed E-state index contributed by atoms with van der Waals surface area (Å²) < 4.78 is 7.00. The molecule has 1 N–H and O–H groups in total. The number of likely N-dealkylation sites (N-methyl/N-ethyl adjacent to an activating group) is 1. The van der Waals surface area contributed by atoms with Gasteiger partial charge in [-0.25, -0.2) is 0 Å². The van der Waals surface area contributed by atoms with Crippen molar-refractivity contribution in [3.8, 4) is 5.75 Å². The third kappa shape index (κ3) is 4.40. The Balaban J connectivity index is 1.84. The summed E-state index contributed by atoms with van der Waals surface area (Å²) in [6.45, 7) is 1.40. The van der Waals surface area contributed by atoms with Gasteiger partial charge in [-0.05, 0) is 38.4 Å². The number of pyridine rings is 1. The van der Waals surface area contributed by atoms with Gasteiger partial charge in [-0.1, -0.05) is 24.3 Å². The fraction of sp³-hybridized carbons (Fsp3) is 0.273. The van der Waals surface area contributed by atoms with E-state index in [1.807, 2.05) is 55.4 Å². The van der Waals surface area contributed by atoms with E-state index >= 15 is 0 Å². The molecular formula is C22H25N3O3. The average Bonchev–Trinajstić information content (AvgIpc) is 2.68. The monoisotopic (exact) mass is 379 g/mol. The van der Waals surface area contributed by atoms with Crippen molar-refractivity contribution < 1.29 is 9.53 Å². The lowest BCUT2D eigenvalue weighted by atomic mass is 10.1. The van der Waals surface area contributed by atoms with E-state index in [9.17, 15) is 9.59 Å². The normalized spacial score (nSPS) is 11.0. The number of ether oxygens (including phenoxy) is 1. The van der Waals surface area contributed by atoms with Crippen molar-refractivity contribution in [1.29, 1.82) is 0 Å². The van der Waals surface area contributed by atoms with Gasteiger partial charge in [-0.15, -0.1) is 0 Å². The maximum atomic E-state index is 12.8. The van der Waals surface area contributed by atoms with E-state index < -0.39 is 0 Å². The smallest absolute Gasteiger partial charge is 0.258 e. The van der Waals surface area contributed by atoms with Gasteiger partial charge in [0.1, 0.15) is 5.75 Å². The Kier molecular flexibility index (Phi) is 6.11. The predicted octanol–water partition coefficient (Wildman–Crippen LogP) is 2.75. The highest BCUT2D eigenvalue weighted by Gasteiger charge is 2.12. The summed E-state index contributed by atoms with van der Waals surface area (Å²) in [5.74, 6) is 0.521. The number of fused-ring (bicyclic) bond motifs is 1. The molecule has 0 aliphatic rings. The molecule has 1 heterocycles. The second kappa shape index (κ2) is 8.71. The summed E-state index contributed by atoms with van der Waals surface area (Å²) in [4.78, 5) is 27.4. The van der Waals surface area contributed by atoms with Crippen LogP contribution in [0.25, 0.3) is 10.8 Å². The SMILES string of the molecule is COc1ccccc1CC(=O)Nc1cccc2c(=O)n(CCN(C)C)ccc12. The number of hydrogen-bond acceptors (Lipinski definition) is 4. The highest BCUT2D eigenvalue weighted by Crippen LogP contribution is 2.22. The molecule has 0 spiro atoms. The van der Waals surface area contributed by atoms with Crippen LogP contribution in [0.4, 0.5) is 5.69 Å². The van der Waals surface area contributed by atoms with Gasteiger partial charge >= 0.3 is 0 Å². The largest absolute Gasteiger partial charge is 0.496 e. The first-order valence-corrected chi connectivity index (χ1v) is 9.18. The van der Waals surface area contributed by atoms with Crippen molar-refractivity contribution in [1.82, 2.24) is 9.47 Å². The number of benzene rings is 2. The minimum atomic E-state index is -0.159. The summed E-state index contributed by atoms with van der Waals surface area (Å²) in [6.07, 6.45) is 1.98. The maximum Gasteiger partial charge on any atom is 0.258 e. The van der Waals surface area contributed by atoms with Crippen LogP contribution in [0.3, 0.4) is 0 Å². The van der Waals surface area contributed by atoms with E-state index in [1.54, 1.807) is 30.0 Å².